The van der Waals surface area contributed by atoms with E-state index in [2.05, 4.69) is 23.7 Å². The lowest BCUT2D eigenvalue weighted by molar-refractivity contribution is -0.298. The van der Waals surface area contributed by atoms with Gasteiger partial charge in [-0.2, -0.15) is 0 Å². The highest BCUT2D eigenvalue weighted by Crippen LogP contribution is 2.21. The third-order valence-electron chi connectivity index (χ3n) is 3.94. The van der Waals surface area contributed by atoms with Crippen LogP contribution in [0.4, 0.5) is 0 Å². The Kier molecular flexibility index (Phi) is 12.4. The van der Waals surface area contributed by atoms with E-state index in [-0.39, 0.29) is 13.2 Å². The molecule has 28 heavy (non-hydrogen) atoms. The smallest absolute Gasteiger partial charge is 0.187 e. The van der Waals surface area contributed by atoms with Gasteiger partial charge in [0, 0.05) is 6.61 Å². The Labute approximate surface area is 164 Å². The maximum atomic E-state index is 9.80. The third-order valence-corrected chi connectivity index (χ3v) is 3.94. The molecule has 0 aromatic carbocycles. The van der Waals surface area contributed by atoms with Crippen molar-refractivity contribution in [3.8, 4) is 23.7 Å². The standard InChI is InChI=1S/C20H28O8/c21-12-11-15(23)10-8-6-4-2-1-3-5-7-9-13-27-20-19(26)18(25)17(24)16(14-22)28-20/h4,6-7,9,15-26H,8,10-14H2/b6-4+,9-7-/t15?,16-,17-,18+,19-,20-/m1/s1. The quantitative estimate of drug-likeness (QED) is 0.257. The van der Waals surface area contributed by atoms with Crippen molar-refractivity contribution in [3.05, 3.63) is 24.3 Å². The van der Waals surface area contributed by atoms with Gasteiger partial charge in [-0.05, 0) is 43.3 Å². The molecule has 1 rings (SSSR count). The van der Waals surface area contributed by atoms with Crippen molar-refractivity contribution >= 4 is 0 Å². The van der Waals surface area contributed by atoms with Crippen LogP contribution in [0.3, 0.4) is 0 Å². The molecule has 1 fully saturated rings. The fourth-order valence-electron chi connectivity index (χ4n) is 2.34. The summed E-state index contributed by atoms with van der Waals surface area (Å²) in [5.41, 5.74) is 0. The summed E-state index contributed by atoms with van der Waals surface area (Å²) in [6.07, 6.45) is 1.14. The normalized spacial score (nSPS) is 28.6. The van der Waals surface area contributed by atoms with Gasteiger partial charge in [0.15, 0.2) is 6.29 Å². The summed E-state index contributed by atoms with van der Waals surface area (Å²) >= 11 is 0. The predicted octanol–water partition coefficient (Wildman–Crippen LogP) is -1.55. The van der Waals surface area contributed by atoms with Crippen molar-refractivity contribution in [2.45, 2.75) is 56.1 Å². The molecule has 1 aliphatic rings. The van der Waals surface area contributed by atoms with Crippen LogP contribution in [0.2, 0.25) is 0 Å². The number of hydrogen-bond acceptors (Lipinski definition) is 8. The monoisotopic (exact) mass is 396 g/mol. The predicted molar refractivity (Wildman–Crippen MR) is 100 cm³/mol. The molecule has 8 heteroatoms. The summed E-state index contributed by atoms with van der Waals surface area (Å²) in [4.78, 5) is 0. The minimum atomic E-state index is -1.47. The number of allylic oxidation sites excluding steroid dienone is 3. The van der Waals surface area contributed by atoms with Crippen molar-refractivity contribution in [1.82, 2.24) is 0 Å². The molecule has 6 N–H and O–H groups in total. The fraction of sp³-hybridized carbons (Fsp3) is 0.600. The molecular formula is C20H28O8. The molecule has 1 heterocycles. The maximum Gasteiger partial charge on any atom is 0.187 e. The van der Waals surface area contributed by atoms with E-state index < -0.39 is 43.4 Å². The van der Waals surface area contributed by atoms with Crippen molar-refractivity contribution in [2.75, 3.05) is 19.8 Å². The summed E-state index contributed by atoms with van der Waals surface area (Å²) in [7, 11) is 0. The lowest BCUT2D eigenvalue weighted by Crippen LogP contribution is -2.59. The summed E-state index contributed by atoms with van der Waals surface area (Å²) in [5.74, 6) is 10.6. The second-order valence-electron chi connectivity index (χ2n) is 6.12. The molecule has 1 saturated heterocycles. The van der Waals surface area contributed by atoms with Crippen LogP contribution >= 0.6 is 0 Å². The van der Waals surface area contributed by atoms with E-state index in [9.17, 15) is 20.4 Å². The molecule has 1 aliphatic heterocycles. The van der Waals surface area contributed by atoms with Crippen LogP contribution in [0, 0.1) is 23.7 Å². The summed E-state index contributed by atoms with van der Waals surface area (Å²) in [6.45, 7) is -0.495. The Bertz CT molecular complexity index is 607. The molecule has 0 radical (unpaired) electrons. The highest BCUT2D eigenvalue weighted by atomic mass is 16.7. The van der Waals surface area contributed by atoms with E-state index in [0.29, 0.717) is 19.3 Å². The number of hydrogen-bond donors (Lipinski definition) is 6. The fourth-order valence-corrected chi connectivity index (χ4v) is 2.34. The van der Waals surface area contributed by atoms with Crippen LogP contribution in [0.25, 0.3) is 0 Å². The highest BCUT2D eigenvalue weighted by Gasteiger charge is 2.43. The molecule has 0 aromatic rings. The zero-order valence-electron chi connectivity index (χ0n) is 15.5. The third kappa shape index (κ3) is 8.98. The van der Waals surface area contributed by atoms with Gasteiger partial charge in [0.25, 0.3) is 0 Å². The van der Waals surface area contributed by atoms with E-state index >= 15 is 0 Å². The second kappa shape index (κ2) is 14.3. The summed E-state index contributed by atoms with van der Waals surface area (Å²) in [5, 5.41) is 56.3. The first kappa shape index (κ1) is 24.3. The lowest BCUT2D eigenvalue weighted by Gasteiger charge is -2.39. The van der Waals surface area contributed by atoms with Gasteiger partial charge in [-0.15, -0.1) is 0 Å². The first-order chi connectivity index (χ1) is 13.5. The van der Waals surface area contributed by atoms with Crippen molar-refractivity contribution in [2.24, 2.45) is 0 Å². The first-order valence-corrected chi connectivity index (χ1v) is 9.03. The van der Waals surface area contributed by atoms with E-state index in [1.807, 2.05) is 6.08 Å². The molecule has 0 bridgehead atoms. The van der Waals surface area contributed by atoms with Crippen LogP contribution in [-0.4, -0.2) is 87.3 Å². The van der Waals surface area contributed by atoms with Gasteiger partial charge in [-0.25, -0.2) is 0 Å². The minimum absolute atomic E-state index is 0.0264. The molecular weight excluding hydrogens is 368 g/mol. The molecule has 8 nitrogen and oxygen atoms in total. The van der Waals surface area contributed by atoms with E-state index in [4.69, 9.17) is 19.7 Å². The molecule has 0 aromatic heterocycles. The van der Waals surface area contributed by atoms with E-state index in [0.717, 1.165) is 0 Å². The number of aliphatic hydroxyl groups excluding tert-OH is 6. The zero-order chi connectivity index (χ0) is 20.8. The number of rotatable bonds is 9. The van der Waals surface area contributed by atoms with Crippen LogP contribution in [-0.2, 0) is 9.47 Å². The van der Waals surface area contributed by atoms with Crippen molar-refractivity contribution in [1.29, 1.82) is 0 Å². The van der Waals surface area contributed by atoms with Crippen molar-refractivity contribution < 1.29 is 40.1 Å². The Morgan fingerprint density at radius 3 is 2.25 bits per heavy atom. The lowest BCUT2D eigenvalue weighted by atomic mass is 9.99. The Morgan fingerprint density at radius 1 is 0.929 bits per heavy atom. The van der Waals surface area contributed by atoms with E-state index in [1.165, 1.54) is 6.08 Å². The summed E-state index contributed by atoms with van der Waals surface area (Å²) in [6, 6.07) is 0. The van der Waals surface area contributed by atoms with Gasteiger partial charge in [0.1, 0.15) is 24.4 Å². The zero-order valence-corrected chi connectivity index (χ0v) is 15.5. The number of ether oxygens (including phenoxy) is 2. The van der Waals surface area contributed by atoms with Gasteiger partial charge in [-0.1, -0.05) is 24.0 Å². The largest absolute Gasteiger partial charge is 0.396 e. The van der Waals surface area contributed by atoms with E-state index in [1.54, 1.807) is 12.2 Å². The maximum absolute atomic E-state index is 9.80. The van der Waals surface area contributed by atoms with Crippen LogP contribution in [0.15, 0.2) is 24.3 Å². The van der Waals surface area contributed by atoms with Crippen molar-refractivity contribution in [3.63, 3.8) is 0 Å². The Hall–Kier alpha value is -1.72. The molecule has 1 unspecified atom stereocenters. The average Bonchev–Trinajstić information content (AvgIpc) is 2.68. The van der Waals surface area contributed by atoms with Gasteiger partial charge < -0.3 is 40.1 Å². The number of aliphatic hydroxyl groups is 6. The topological polar surface area (TPSA) is 140 Å². The Morgan fingerprint density at radius 2 is 1.61 bits per heavy atom. The van der Waals surface area contributed by atoms with Gasteiger partial charge >= 0.3 is 0 Å². The Balaban J connectivity index is 2.27. The molecule has 6 atom stereocenters. The molecule has 156 valence electrons. The SMILES string of the molecule is OCCC(O)CC/C=C/C#CC#C/C=C\CO[C@@H]1O[C@H](CO)[C@@H](O)[C@H](O)[C@H]1O. The highest BCUT2D eigenvalue weighted by molar-refractivity contribution is 5.33. The summed E-state index contributed by atoms with van der Waals surface area (Å²) < 4.78 is 10.5. The van der Waals surface area contributed by atoms with Gasteiger partial charge in [-0.3, -0.25) is 0 Å². The van der Waals surface area contributed by atoms with Gasteiger partial charge in [0.05, 0.1) is 19.3 Å². The molecule has 0 spiro atoms. The molecule has 0 amide bonds. The van der Waals surface area contributed by atoms with Crippen LogP contribution in [0.1, 0.15) is 19.3 Å². The second-order valence-corrected chi connectivity index (χ2v) is 6.12. The van der Waals surface area contributed by atoms with Crippen LogP contribution in [0.5, 0.6) is 0 Å². The molecule has 0 aliphatic carbocycles. The average molecular weight is 396 g/mol. The van der Waals surface area contributed by atoms with Crippen LogP contribution < -0.4 is 0 Å². The first-order valence-electron chi connectivity index (χ1n) is 9.03. The minimum Gasteiger partial charge on any atom is -0.396 e. The van der Waals surface area contributed by atoms with Gasteiger partial charge in [0.2, 0.25) is 0 Å². The molecule has 0 saturated carbocycles.